The Bertz CT molecular complexity index is 535. The second kappa shape index (κ2) is 5.85. The van der Waals surface area contributed by atoms with Gasteiger partial charge in [-0.3, -0.25) is 9.48 Å². The summed E-state index contributed by atoms with van der Waals surface area (Å²) in [5.74, 6) is 0.197. The van der Waals surface area contributed by atoms with Gasteiger partial charge in [-0.15, -0.1) is 0 Å². The maximum absolute atomic E-state index is 12.3. The lowest BCUT2D eigenvalue weighted by Crippen LogP contribution is -2.38. The van der Waals surface area contributed by atoms with Crippen LogP contribution in [-0.2, 0) is 17.9 Å². The average Bonchev–Trinajstić information content (AvgIpc) is 3.19. The molecule has 7 nitrogen and oxygen atoms in total. The number of aromatic nitrogens is 5. The van der Waals surface area contributed by atoms with Crippen LogP contribution in [0.2, 0.25) is 0 Å². The number of rotatable bonds is 5. The van der Waals surface area contributed by atoms with Gasteiger partial charge in [-0.1, -0.05) is 0 Å². The summed E-state index contributed by atoms with van der Waals surface area (Å²) >= 11 is 0. The lowest BCUT2D eigenvalue weighted by Gasteiger charge is -2.25. The Labute approximate surface area is 117 Å². The molecule has 0 radical (unpaired) electrons. The van der Waals surface area contributed by atoms with E-state index in [2.05, 4.69) is 15.1 Å². The molecule has 0 aliphatic carbocycles. The molecule has 20 heavy (non-hydrogen) atoms. The van der Waals surface area contributed by atoms with Crippen molar-refractivity contribution < 1.29 is 4.79 Å². The average molecular weight is 274 g/mol. The van der Waals surface area contributed by atoms with Crippen molar-refractivity contribution in [3.8, 4) is 0 Å². The van der Waals surface area contributed by atoms with E-state index in [0.29, 0.717) is 13.0 Å². The van der Waals surface area contributed by atoms with E-state index in [1.807, 2.05) is 15.7 Å². The first-order valence-corrected chi connectivity index (χ1v) is 6.90. The highest BCUT2D eigenvalue weighted by atomic mass is 16.2. The molecule has 1 aliphatic rings. The van der Waals surface area contributed by atoms with Crippen molar-refractivity contribution in [2.24, 2.45) is 0 Å². The summed E-state index contributed by atoms with van der Waals surface area (Å²) in [7, 11) is 0. The van der Waals surface area contributed by atoms with Gasteiger partial charge in [0.1, 0.15) is 12.7 Å². The van der Waals surface area contributed by atoms with Crippen LogP contribution < -0.4 is 0 Å². The molecule has 106 valence electrons. The van der Waals surface area contributed by atoms with Crippen LogP contribution in [-0.4, -0.2) is 47.7 Å². The standard InChI is InChI=1S/C13H18N6O/c20-13(3-6-18-11-15-9-16-18)19-5-1-2-12(19)8-17-7-4-14-10-17/h4,7,9-12H,1-3,5-6,8H2/t12-/m1/s1. The van der Waals surface area contributed by atoms with E-state index >= 15 is 0 Å². The molecule has 2 aromatic rings. The highest BCUT2D eigenvalue weighted by Crippen LogP contribution is 2.20. The van der Waals surface area contributed by atoms with Crippen molar-refractivity contribution in [3.63, 3.8) is 0 Å². The van der Waals surface area contributed by atoms with Gasteiger partial charge in [0.15, 0.2) is 0 Å². The zero-order valence-corrected chi connectivity index (χ0v) is 11.3. The SMILES string of the molecule is O=C(CCn1cncn1)N1CCC[C@@H]1Cn1ccnc1. The van der Waals surface area contributed by atoms with E-state index < -0.39 is 0 Å². The van der Waals surface area contributed by atoms with Crippen molar-refractivity contribution in [1.29, 1.82) is 0 Å². The van der Waals surface area contributed by atoms with Crippen LogP contribution in [0.4, 0.5) is 0 Å². The van der Waals surface area contributed by atoms with Gasteiger partial charge in [-0.2, -0.15) is 5.10 Å². The number of hydrogen-bond acceptors (Lipinski definition) is 4. The predicted octanol–water partition coefficient (Wildman–Crippen LogP) is 0.556. The van der Waals surface area contributed by atoms with Crippen molar-refractivity contribution in [2.45, 2.75) is 38.4 Å². The monoisotopic (exact) mass is 274 g/mol. The highest BCUT2D eigenvalue weighted by Gasteiger charge is 2.28. The Balaban J connectivity index is 1.55. The number of nitrogens with zero attached hydrogens (tertiary/aromatic N) is 6. The Kier molecular flexibility index (Phi) is 3.76. The third kappa shape index (κ3) is 2.87. The first kappa shape index (κ1) is 12.8. The number of aryl methyl sites for hydroxylation is 1. The van der Waals surface area contributed by atoms with Gasteiger partial charge >= 0.3 is 0 Å². The third-order valence-corrected chi connectivity index (χ3v) is 3.70. The summed E-state index contributed by atoms with van der Waals surface area (Å²) in [6, 6.07) is 0.285. The van der Waals surface area contributed by atoms with Gasteiger partial charge in [0, 0.05) is 37.9 Å². The van der Waals surface area contributed by atoms with E-state index in [1.54, 1.807) is 23.5 Å². The summed E-state index contributed by atoms with van der Waals surface area (Å²) < 4.78 is 3.73. The minimum Gasteiger partial charge on any atom is -0.338 e. The van der Waals surface area contributed by atoms with Crippen molar-refractivity contribution >= 4 is 5.91 Å². The zero-order chi connectivity index (χ0) is 13.8. The van der Waals surface area contributed by atoms with Gasteiger partial charge < -0.3 is 9.47 Å². The topological polar surface area (TPSA) is 68.8 Å². The number of hydrogen-bond donors (Lipinski definition) is 0. The fraction of sp³-hybridized carbons (Fsp3) is 0.538. The summed E-state index contributed by atoms with van der Waals surface area (Å²) in [6.45, 7) is 2.28. The van der Waals surface area contributed by atoms with E-state index in [-0.39, 0.29) is 11.9 Å². The lowest BCUT2D eigenvalue weighted by molar-refractivity contribution is -0.132. The number of amides is 1. The van der Waals surface area contributed by atoms with Crippen molar-refractivity contribution in [2.75, 3.05) is 6.54 Å². The number of carbonyl (C=O) groups is 1. The lowest BCUT2D eigenvalue weighted by atomic mass is 10.2. The first-order chi connectivity index (χ1) is 9.83. The number of carbonyl (C=O) groups excluding carboxylic acids is 1. The molecule has 2 aromatic heterocycles. The van der Waals surface area contributed by atoms with E-state index in [4.69, 9.17) is 0 Å². The fourth-order valence-electron chi connectivity index (χ4n) is 2.69. The molecule has 0 spiro atoms. The zero-order valence-electron chi connectivity index (χ0n) is 11.3. The van der Waals surface area contributed by atoms with Crippen LogP contribution in [0.3, 0.4) is 0 Å². The van der Waals surface area contributed by atoms with Crippen LogP contribution in [0.25, 0.3) is 0 Å². The largest absolute Gasteiger partial charge is 0.338 e. The molecule has 0 unspecified atom stereocenters. The third-order valence-electron chi connectivity index (χ3n) is 3.70. The van der Waals surface area contributed by atoms with Gasteiger partial charge in [0.05, 0.1) is 12.9 Å². The maximum Gasteiger partial charge on any atom is 0.224 e. The van der Waals surface area contributed by atoms with Crippen molar-refractivity contribution in [3.05, 3.63) is 31.4 Å². The smallest absolute Gasteiger partial charge is 0.224 e. The Morgan fingerprint density at radius 1 is 1.30 bits per heavy atom. The molecule has 1 aliphatic heterocycles. The quantitative estimate of drug-likeness (QED) is 0.798. The van der Waals surface area contributed by atoms with Gasteiger partial charge in [0.25, 0.3) is 0 Å². The molecule has 0 aromatic carbocycles. The molecule has 1 fully saturated rings. The Hall–Kier alpha value is -2.18. The van der Waals surface area contributed by atoms with Gasteiger partial charge in [-0.25, -0.2) is 9.97 Å². The van der Waals surface area contributed by atoms with Crippen LogP contribution >= 0.6 is 0 Å². The molecule has 0 saturated carbocycles. The van der Waals surface area contributed by atoms with Crippen LogP contribution in [0, 0.1) is 0 Å². The molecule has 1 atom stereocenters. The number of likely N-dealkylation sites (tertiary alicyclic amines) is 1. The molecule has 7 heteroatoms. The predicted molar refractivity (Wildman–Crippen MR) is 71.6 cm³/mol. The summed E-state index contributed by atoms with van der Waals surface area (Å²) in [5.41, 5.74) is 0. The normalized spacial score (nSPS) is 18.6. The molecular weight excluding hydrogens is 256 g/mol. The van der Waals surface area contributed by atoms with Crippen LogP contribution in [0.1, 0.15) is 19.3 Å². The summed E-state index contributed by atoms with van der Waals surface area (Å²) in [5, 5.41) is 4.02. The summed E-state index contributed by atoms with van der Waals surface area (Å²) in [6.07, 6.45) is 11.3. The van der Waals surface area contributed by atoms with Crippen LogP contribution in [0.5, 0.6) is 0 Å². The van der Waals surface area contributed by atoms with Crippen LogP contribution in [0.15, 0.2) is 31.4 Å². The van der Waals surface area contributed by atoms with Crippen molar-refractivity contribution in [1.82, 2.24) is 29.2 Å². The molecule has 3 rings (SSSR count). The maximum atomic E-state index is 12.3. The number of imidazole rings is 1. The molecule has 1 amide bonds. The molecule has 3 heterocycles. The van der Waals surface area contributed by atoms with Gasteiger partial charge in [-0.05, 0) is 12.8 Å². The first-order valence-electron chi connectivity index (χ1n) is 6.90. The molecular formula is C13H18N6O. The molecule has 0 N–H and O–H groups in total. The highest BCUT2D eigenvalue weighted by molar-refractivity contribution is 5.76. The minimum absolute atomic E-state index is 0.197. The molecule has 1 saturated heterocycles. The van der Waals surface area contributed by atoms with Gasteiger partial charge in [0.2, 0.25) is 5.91 Å². The second-order valence-corrected chi connectivity index (χ2v) is 5.05. The minimum atomic E-state index is 0.197. The second-order valence-electron chi connectivity index (χ2n) is 5.05. The Morgan fingerprint density at radius 3 is 3.00 bits per heavy atom. The molecule has 0 bridgehead atoms. The van der Waals surface area contributed by atoms with E-state index in [9.17, 15) is 4.79 Å². The Morgan fingerprint density at radius 2 is 2.25 bits per heavy atom. The summed E-state index contributed by atoms with van der Waals surface area (Å²) in [4.78, 5) is 22.2. The fourth-order valence-corrected chi connectivity index (χ4v) is 2.69. The van der Waals surface area contributed by atoms with E-state index in [1.165, 1.54) is 6.33 Å². The van der Waals surface area contributed by atoms with E-state index in [0.717, 1.165) is 25.9 Å².